The summed E-state index contributed by atoms with van der Waals surface area (Å²) in [5, 5.41) is 5.29. The highest BCUT2D eigenvalue weighted by molar-refractivity contribution is 8.00. The van der Waals surface area contributed by atoms with E-state index in [1.165, 1.54) is 64.5 Å². The number of fused-ring (bicyclic) bond motifs is 6. The molecule has 0 radical (unpaired) electrons. The van der Waals surface area contributed by atoms with Crippen molar-refractivity contribution in [3.63, 3.8) is 0 Å². The quantitative estimate of drug-likeness (QED) is 0.208. The molecule has 0 amide bonds. The molecule has 0 saturated heterocycles. The minimum Gasteiger partial charge on any atom is -0.310 e. The van der Waals surface area contributed by atoms with Gasteiger partial charge in [-0.25, -0.2) is 0 Å². The van der Waals surface area contributed by atoms with Crippen LogP contribution < -0.4 is 21.3 Å². The highest BCUT2D eigenvalue weighted by Gasteiger charge is 2.39. The number of para-hydroxylation sites is 2. The van der Waals surface area contributed by atoms with Gasteiger partial charge in [-0.1, -0.05) is 132 Å². The standard InChI is InChI=1S/C38H24BNS/c1-3-12-26(13-4-1)40(27-14-5-2-6-15-27)34-24-22-29-30-17-10-20-35-37(30)39(32-19-9-18-31(34)36(29)32)33-23-21-25-11-7-8-16-28(25)38(33)41-35/h1-24H. The van der Waals surface area contributed by atoms with Gasteiger partial charge in [-0.3, -0.25) is 0 Å². The van der Waals surface area contributed by atoms with Gasteiger partial charge in [0, 0.05) is 26.6 Å². The monoisotopic (exact) mass is 537 g/mol. The van der Waals surface area contributed by atoms with E-state index in [9.17, 15) is 0 Å². The fraction of sp³-hybridized carbons (Fsp3) is 0. The van der Waals surface area contributed by atoms with Crippen LogP contribution in [0.4, 0.5) is 17.1 Å². The molecule has 3 heteroatoms. The Kier molecular flexibility index (Phi) is 4.99. The summed E-state index contributed by atoms with van der Waals surface area (Å²) < 4.78 is 0. The molecule has 2 aliphatic rings. The van der Waals surface area contributed by atoms with E-state index >= 15 is 0 Å². The summed E-state index contributed by atoms with van der Waals surface area (Å²) in [6.07, 6.45) is 0. The lowest BCUT2D eigenvalue weighted by Gasteiger charge is -2.35. The Balaban J connectivity index is 1.36. The van der Waals surface area contributed by atoms with Gasteiger partial charge in [0.15, 0.2) is 0 Å². The first-order valence-electron chi connectivity index (χ1n) is 14.2. The van der Waals surface area contributed by atoms with Crippen molar-refractivity contribution < 1.29 is 0 Å². The van der Waals surface area contributed by atoms with Crippen molar-refractivity contribution in [2.45, 2.75) is 9.79 Å². The summed E-state index contributed by atoms with van der Waals surface area (Å²) in [5.74, 6) is 0. The second-order valence-corrected chi connectivity index (χ2v) is 11.9. The van der Waals surface area contributed by atoms with E-state index in [1.807, 2.05) is 11.8 Å². The largest absolute Gasteiger partial charge is 0.310 e. The summed E-state index contributed by atoms with van der Waals surface area (Å²) in [6.45, 7) is 0.204. The lowest BCUT2D eigenvalue weighted by molar-refractivity contribution is 1.30. The summed E-state index contributed by atoms with van der Waals surface area (Å²) >= 11 is 1.94. The number of benzene rings is 7. The number of hydrogen-bond donors (Lipinski definition) is 0. The minimum atomic E-state index is 0.204. The zero-order valence-corrected chi connectivity index (χ0v) is 23.1. The number of anilines is 3. The molecule has 0 unspecified atom stereocenters. The van der Waals surface area contributed by atoms with Gasteiger partial charge in [-0.15, -0.1) is 0 Å². The highest BCUT2D eigenvalue weighted by Crippen LogP contribution is 2.44. The Bertz CT molecular complexity index is 2100. The molecule has 9 rings (SSSR count). The number of rotatable bonds is 3. The van der Waals surface area contributed by atoms with Crippen LogP contribution in [-0.2, 0) is 0 Å². The van der Waals surface area contributed by atoms with Gasteiger partial charge in [0.2, 0.25) is 6.71 Å². The van der Waals surface area contributed by atoms with Crippen molar-refractivity contribution in [2.75, 3.05) is 4.90 Å². The van der Waals surface area contributed by atoms with Crippen molar-refractivity contribution in [3.8, 4) is 11.1 Å². The van der Waals surface area contributed by atoms with Crippen LogP contribution in [0.2, 0.25) is 0 Å². The molecule has 0 fully saturated rings. The molecule has 0 atom stereocenters. The first kappa shape index (κ1) is 23.0. The lowest BCUT2D eigenvalue weighted by atomic mass is 9.33. The molecule has 0 bridgehead atoms. The van der Waals surface area contributed by atoms with Gasteiger partial charge in [0.25, 0.3) is 0 Å². The van der Waals surface area contributed by atoms with E-state index < -0.39 is 0 Å². The van der Waals surface area contributed by atoms with Crippen molar-refractivity contribution in [3.05, 3.63) is 146 Å². The molecule has 0 saturated carbocycles. The van der Waals surface area contributed by atoms with Gasteiger partial charge in [0.1, 0.15) is 0 Å². The molecule has 190 valence electrons. The topological polar surface area (TPSA) is 3.24 Å². The Labute approximate surface area is 244 Å². The van der Waals surface area contributed by atoms with Crippen LogP contribution in [0, 0.1) is 0 Å². The first-order valence-corrected chi connectivity index (χ1v) is 15.0. The third-order valence-electron chi connectivity index (χ3n) is 8.71. The van der Waals surface area contributed by atoms with E-state index in [0.717, 1.165) is 11.4 Å². The molecule has 0 spiro atoms. The summed E-state index contributed by atoms with van der Waals surface area (Å²) in [5.41, 5.74) is 10.5. The van der Waals surface area contributed by atoms with Crippen LogP contribution >= 0.6 is 11.8 Å². The van der Waals surface area contributed by atoms with E-state index in [-0.39, 0.29) is 6.71 Å². The highest BCUT2D eigenvalue weighted by atomic mass is 32.2. The molecule has 7 aromatic rings. The summed E-state index contributed by atoms with van der Waals surface area (Å²) in [7, 11) is 0. The van der Waals surface area contributed by atoms with Gasteiger partial charge in [-0.2, -0.15) is 0 Å². The Hall–Kier alpha value is -4.73. The Morgan fingerprint density at radius 3 is 2.00 bits per heavy atom. The van der Waals surface area contributed by atoms with Crippen LogP contribution in [0.25, 0.3) is 32.7 Å². The molecule has 7 aromatic carbocycles. The normalized spacial score (nSPS) is 12.7. The van der Waals surface area contributed by atoms with Gasteiger partial charge in [-0.05, 0) is 69.1 Å². The predicted molar refractivity (Wildman–Crippen MR) is 177 cm³/mol. The van der Waals surface area contributed by atoms with Crippen LogP contribution in [0.15, 0.2) is 155 Å². The molecule has 2 aliphatic heterocycles. The third kappa shape index (κ3) is 3.33. The average molecular weight is 537 g/mol. The van der Waals surface area contributed by atoms with Crippen molar-refractivity contribution in [2.24, 2.45) is 0 Å². The molecule has 0 aliphatic carbocycles. The fourth-order valence-corrected chi connectivity index (χ4v) is 8.32. The second kappa shape index (κ2) is 8.89. The summed E-state index contributed by atoms with van der Waals surface area (Å²) in [4.78, 5) is 5.16. The van der Waals surface area contributed by atoms with E-state index in [2.05, 4.69) is 150 Å². The molecular formula is C38H24BNS. The molecule has 2 heterocycles. The van der Waals surface area contributed by atoms with Gasteiger partial charge >= 0.3 is 0 Å². The number of nitrogens with zero attached hydrogens (tertiary/aromatic N) is 1. The second-order valence-electron chi connectivity index (χ2n) is 10.9. The predicted octanol–water partition coefficient (Wildman–Crippen LogP) is 8.42. The molecule has 0 N–H and O–H groups in total. The molecule has 41 heavy (non-hydrogen) atoms. The average Bonchev–Trinajstić information content (AvgIpc) is 3.04. The Morgan fingerprint density at radius 1 is 0.488 bits per heavy atom. The van der Waals surface area contributed by atoms with Crippen molar-refractivity contribution >= 4 is 73.5 Å². The van der Waals surface area contributed by atoms with Crippen LogP contribution in [0.1, 0.15) is 0 Å². The zero-order chi connectivity index (χ0) is 26.9. The van der Waals surface area contributed by atoms with Gasteiger partial charge in [0.05, 0.1) is 5.69 Å². The van der Waals surface area contributed by atoms with E-state index in [1.54, 1.807) is 0 Å². The maximum absolute atomic E-state index is 2.40. The molecule has 0 aromatic heterocycles. The lowest BCUT2D eigenvalue weighted by Crippen LogP contribution is -2.57. The SMILES string of the molecule is c1ccc(N(c2ccccc2)c2ccc3c4c(cccc24)B2c4ccc5ccccc5c4Sc4cccc-3c42)cc1. The van der Waals surface area contributed by atoms with Crippen molar-refractivity contribution in [1.82, 2.24) is 0 Å². The van der Waals surface area contributed by atoms with Crippen LogP contribution in [0.3, 0.4) is 0 Å². The maximum atomic E-state index is 2.40. The minimum absolute atomic E-state index is 0.204. The Morgan fingerprint density at radius 2 is 1.20 bits per heavy atom. The van der Waals surface area contributed by atoms with E-state index in [4.69, 9.17) is 0 Å². The maximum Gasteiger partial charge on any atom is 0.245 e. The molecule has 1 nitrogen and oxygen atoms in total. The molecular weight excluding hydrogens is 513 g/mol. The summed E-state index contributed by atoms with van der Waals surface area (Å²) in [6, 6.07) is 53.4. The number of hydrogen-bond acceptors (Lipinski definition) is 2. The fourth-order valence-electron chi connectivity index (χ4n) is 7.02. The third-order valence-corrected chi connectivity index (χ3v) is 9.94. The van der Waals surface area contributed by atoms with Crippen molar-refractivity contribution in [1.29, 1.82) is 0 Å². The van der Waals surface area contributed by atoms with Crippen LogP contribution in [0.5, 0.6) is 0 Å². The smallest absolute Gasteiger partial charge is 0.245 e. The zero-order valence-electron chi connectivity index (χ0n) is 22.3. The first-order chi connectivity index (χ1) is 20.4. The van der Waals surface area contributed by atoms with Crippen LogP contribution in [-0.4, -0.2) is 6.71 Å². The van der Waals surface area contributed by atoms with E-state index in [0.29, 0.717) is 0 Å². The van der Waals surface area contributed by atoms with Gasteiger partial charge < -0.3 is 4.90 Å².